The molecule has 1 rings (SSSR count). The van der Waals surface area contributed by atoms with Crippen LogP contribution in [0.3, 0.4) is 0 Å². The summed E-state index contributed by atoms with van der Waals surface area (Å²) in [5, 5.41) is 0. The molecule has 0 amide bonds. The van der Waals surface area contributed by atoms with Crippen molar-refractivity contribution in [2.24, 2.45) is 0 Å². The van der Waals surface area contributed by atoms with Gasteiger partial charge in [-0.05, 0) is 18.4 Å². The Morgan fingerprint density at radius 3 is 2.55 bits per heavy atom. The van der Waals surface area contributed by atoms with Gasteiger partial charge in [-0.15, -0.1) is 13.2 Å². The monoisotopic (exact) mass is 304 g/mol. The molecule has 1 aromatic rings. The number of ether oxygens (including phenoxy) is 3. The van der Waals surface area contributed by atoms with Crippen LogP contribution in [0.4, 0.5) is 0 Å². The molecule has 120 valence electrons. The molecule has 4 nitrogen and oxygen atoms in total. The lowest BCUT2D eigenvalue weighted by Crippen LogP contribution is -2.38. The van der Waals surface area contributed by atoms with E-state index in [-0.39, 0.29) is 0 Å². The highest BCUT2D eigenvalue weighted by molar-refractivity contribution is 5.75. The molecule has 2 atom stereocenters. The molecule has 0 N–H and O–H groups in total. The number of carbonyl (C=O) groups excluding carboxylic acids is 1. The van der Waals surface area contributed by atoms with Gasteiger partial charge in [0.25, 0.3) is 0 Å². The number of hydrogen-bond acceptors (Lipinski definition) is 4. The SMILES string of the molecule is C=CCCCO[C@@H](C(=O)OC)[C@H](C=C)OCc1ccccc1. The molecule has 1 aromatic carbocycles. The van der Waals surface area contributed by atoms with Gasteiger partial charge in [-0.1, -0.05) is 42.5 Å². The average molecular weight is 304 g/mol. The van der Waals surface area contributed by atoms with E-state index in [0.29, 0.717) is 13.2 Å². The van der Waals surface area contributed by atoms with Crippen LogP contribution in [0.5, 0.6) is 0 Å². The third kappa shape index (κ3) is 6.24. The largest absolute Gasteiger partial charge is 0.467 e. The molecule has 22 heavy (non-hydrogen) atoms. The molecular weight excluding hydrogens is 280 g/mol. The number of carbonyl (C=O) groups is 1. The molecule has 0 unspecified atom stereocenters. The summed E-state index contributed by atoms with van der Waals surface area (Å²) in [5.74, 6) is -0.462. The number of allylic oxidation sites excluding steroid dienone is 1. The molecule has 0 saturated heterocycles. The Bertz CT molecular complexity index is 455. The zero-order valence-corrected chi connectivity index (χ0v) is 13.1. The normalized spacial score (nSPS) is 13.1. The maximum absolute atomic E-state index is 11.9. The molecule has 0 spiro atoms. The highest BCUT2D eigenvalue weighted by Gasteiger charge is 2.28. The van der Waals surface area contributed by atoms with Gasteiger partial charge in [-0.25, -0.2) is 4.79 Å². The first-order chi connectivity index (χ1) is 10.7. The lowest BCUT2D eigenvalue weighted by molar-refractivity contribution is -0.163. The molecule has 0 heterocycles. The Labute approximate surface area is 132 Å². The fourth-order valence-electron chi connectivity index (χ4n) is 1.90. The molecule has 0 bridgehead atoms. The molecule has 0 aliphatic heterocycles. The Kier molecular flexibility index (Phi) is 8.88. The summed E-state index contributed by atoms with van der Waals surface area (Å²) in [7, 11) is 1.33. The first kappa shape index (κ1) is 18.1. The van der Waals surface area contributed by atoms with Gasteiger partial charge in [0.05, 0.1) is 13.7 Å². The maximum atomic E-state index is 11.9. The van der Waals surface area contributed by atoms with Crippen molar-refractivity contribution < 1.29 is 19.0 Å². The van der Waals surface area contributed by atoms with Crippen LogP contribution in [0.15, 0.2) is 55.6 Å². The van der Waals surface area contributed by atoms with Crippen LogP contribution in [-0.2, 0) is 25.6 Å². The summed E-state index contributed by atoms with van der Waals surface area (Å²) in [6.45, 7) is 8.19. The second-order valence-electron chi connectivity index (χ2n) is 4.74. The highest BCUT2D eigenvalue weighted by atomic mass is 16.6. The predicted octanol–water partition coefficient (Wildman–Crippen LogP) is 3.28. The van der Waals surface area contributed by atoms with Crippen molar-refractivity contribution in [1.29, 1.82) is 0 Å². The molecule has 0 aliphatic carbocycles. The lowest BCUT2D eigenvalue weighted by atomic mass is 10.2. The smallest absolute Gasteiger partial charge is 0.338 e. The standard InChI is InChI=1S/C18H24O4/c1-4-6-10-13-21-17(18(19)20-3)16(5-2)22-14-15-11-8-7-9-12-15/h4-5,7-9,11-12,16-17H,1-2,6,10,13-14H2,3H3/t16-,17+/m0/s1. The predicted molar refractivity (Wildman–Crippen MR) is 86.4 cm³/mol. The van der Waals surface area contributed by atoms with Crippen LogP contribution in [0, 0.1) is 0 Å². The Hall–Kier alpha value is -1.91. The number of hydrogen-bond donors (Lipinski definition) is 0. The molecular formula is C18H24O4. The van der Waals surface area contributed by atoms with Crippen LogP contribution in [0.25, 0.3) is 0 Å². The van der Waals surface area contributed by atoms with Gasteiger partial charge in [0.15, 0.2) is 6.10 Å². The summed E-state index contributed by atoms with van der Waals surface area (Å²) in [5.41, 5.74) is 1.02. The number of rotatable bonds is 11. The minimum atomic E-state index is -0.809. The third-order valence-electron chi connectivity index (χ3n) is 3.10. The van der Waals surface area contributed by atoms with E-state index >= 15 is 0 Å². The molecule has 4 heteroatoms. The van der Waals surface area contributed by atoms with Gasteiger partial charge >= 0.3 is 5.97 Å². The van der Waals surface area contributed by atoms with Crippen molar-refractivity contribution in [2.75, 3.05) is 13.7 Å². The van der Waals surface area contributed by atoms with E-state index in [1.807, 2.05) is 36.4 Å². The highest BCUT2D eigenvalue weighted by Crippen LogP contribution is 2.12. The fraction of sp³-hybridized carbons (Fsp3) is 0.389. The quantitative estimate of drug-likeness (QED) is 0.357. The topological polar surface area (TPSA) is 44.8 Å². The van der Waals surface area contributed by atoms with Crippen molar-refractivity contribution >= 4 is 5.97 Å². The van der Waals surface area contributed by atoms with E-state index in [1.54, 1.807) is 6.08 Å². The van der Waals surface area contributed by atoms with Crippen LogP contribution in [0.2, 0.25) is 0 Å². The number of benzene rings is 1. The van der Waals surface area contributed by atoms with Crippen LogP contribution < -0.4 is 0 Å². The van der Waals surface area contributed by atoms with Crippen molar-refractivity contribution in [3.05, 3.63) is 61.2 Å². The average Bonchev–Trinajstić information content (AvgIpc) is 2.57. The van der Waals surface area contributed by atoms with Crippen molar-refractivity contribution in [1.82, 2.24) is 0 Å². The van der Waals surface area contributed by atoms with E-state index < -0.39 is 18.2 Å². The minimum Gasteiger partial charge on any atom is -0.467 e. The minimum absolute atomic E-state index is 0.376. The van der Waals surface area contributed by atoms with Gasteiger partial charge in [0.1, 0.15) is 6.10 Å². The zero-order chi connectivity index (χ0) is 16.2. The molecule has 0 aromatic heterocycles. The van der Waals surface area contributed by atoms with Crippen LogP contribution in [0.1, 0.15) is 18.4 Å². The van der Waals surface area contributed by atoms with Gasteiger partial charge in [-0.2, -0.15) is 0 Å². The van der Waals surface area contributed by atoms with E-state index in [4.69, 9.17) is 14.2 Å². The summed E-state index contributed by atoms with van der Waals surface area (Å²) < 4.78 is 16.2. The third-order valence-corrected chi connectivity index (χ3v) is 3.10. The van der Waals surface area contributed by atoms with Crippen molar-refractivity contribution in [2.45, 2.75) is 31.7 Å². The lowest BCUT2D eigenvalue weighted by Gasteiger charge is -2.23. The van der Waals surface area contributed by atoms with Crippen LogP contribution >= 0.6 is 0 Å². The van der Waals surface area contributed by atoms with Crippen molar-refractivity contribution in [3.8, 4) is 0 Å². The summed E-state index contributed by atoms with van der Waals surface area (Å²) in [6, 6.07) is 9.72. The molecule has 0 aliphatic rings. The van der Waals surface area contributed by atoms with Crippen molar-refractivity contribution in [3.63, 3.8) is 0 Å². The second kappa shape index (κ2) is 10.8. The van der Waals surface area contributed by atoms with Gasteiger partial charge < -0.3 is 14.2 Å². The van der Waals surface area contributed by atoms with E-state index in [1.165, 1.54) is 7.11 Å². The molecule has 0 fully saturated rings. The Balaban J connectivity index is 2.60. The summed E-state index contributed by atoms with van der Waals surface area (Å²) in [4.78, 5) is 11.9. The fourth-order valence-corrected chi connectivity index (χ4v) is 1.90. The van der Waals surface area contributed by atoms with Crippen LogP contribution in [-0.4, -0.2) is 31.9 Å². The number of methoxy groups -OCH3 is 1. The molecule has 0 radical (unpaired) electrons. The summed E-state index contributed by atoms with van der Waals surface area (Å²) >= 11 is 0. The first-order valence-electron chi connectivity index (χ1n) is 7.31. The number of unbranched alkanes of at least 4 members (excludes halogenated alkanes) is 1. The van der Waals surface area contributed by atoms with E-state index in [0.717, 1.165) is 18.4 Å². The van der Waals surface area contributed by atoms with Gasteiger partial charge in [0, 0.05) is 6.61 Å². The Morgan fingerprint density at radius 1 is 1.23 bits per heavy atom. The first-order valence-corrected chi connectivity index (χ1v) is 7.31. The Morgan fingerprint density at radius 2 is 1.95 bits per heavy atom. The summed E-state index contributed by atoms with van der Waals surface area (Å²) in [6.07, 6.45) is 3.63. The second-order valence-corrected chi connectivity index (χ2v) is 4.74. The van der Waals surface area contributed by atoms with E-state index in [2.05, 4.69) is 13.2 Å². The van der Waals surface area contributed by atoms with E-state index in [9.17, 15) is 4.79 Å². The zero-order valence-electron chi connectivity index (χ0n) is 13.1. The number of esters is 1. The maximum Gasteiger partial charge on any atom is 0.338 e. The van der Waals surface area contributed by atoms with Gasteiger partial charge in [-0.3, -0.25) is 0 Å². The van der Waals surface area contributed by atoms with Gasteiger partial charge in [0.2, 0.25) is 0 Å². The molecule has 0 saturated carbocycles.